The number of anilines is 2. The minimum Gasteiger partial charge on any atom is -0.505 e. The van der Waals surface area contributed by atoms with Crippen molar-refractivity contribution in [1.29, 1.82) is 0 Å². The number of esters is 2. The molecule has 3 heterocycles. The van der Waals surface area contributed by atoms with Crippen LogP contribution < -0.4 is 20.4 Å². The van der Waals surface area contributed by atoms with E-state index >= 15 is 0 Å². The minimum absolute atomic E-state index is 0.00214. The van der Waals surface area contributed by atoms with E-state index < -0.39 is 82.5 Å². The lowest BCUT2D eigenvalue weighted by atomic mass is 9.78. The fourth-order valence-corrected chi connectivity index (χ4v) is 9.05. The Balaban J connectivity index is 1.63. The number of amides is 1. The molecular weight excluding hydrogens is 869 g/mol. The van der Waals surface area contributed by atoms with Gasteiger partial charge in [-0.3, -0.25) is 19.3 Å². The molecule has 6 rings (SSSR count). The van der Waals surface area contributed by atoms with Crippen LogP contribution in [-0.4, -0.2) is 131 Å². The molecule has 1 amide bonds. The number of aliphatic hydroxyl groups is 3. The predicted octanol–water partition coefficient (Wildman–Crippen LogP) is 5.07. The van der Waals surface area contributed by atoms with Gasteiger partial charge in [-0.25, -0.2) is 9.78 Å². The first-order chi connectivity index (χ1) is 31.8. The Hall–Kier alpha value is -6.05. The van der Waals surface area contributed by atoms with Gasteiger partial charge in [-0.05, 0) is 26.8 Å². The molecule has 0 aliphatic carbocycles. The molecule has 362 valence electrons. The van der Waals surface area contributed by atoms with Crippen LogP contribution in [0.15, 0.2) is 57.5 Å². The maximum atomic E-state index is 14.6. The van der Waals surface area contributed by atoms with Crippen molar-refractivity contribution >= 4 is 62.2 Å². The number of cyclic esters (lactones) is 1. The van der Waals surface area contributed by atoms with Crippen molar-refractivity contribution < 1.29 is 63.3 Å². The van der Waals surface area contributed by atoms with Gasteiger partial charge in [0.25, 0.3) is 5.91 Å². The maximum Gasteiger partial charge on any atom is 0.347 e. The number of hydrogen-bond acceptors (Lipinski definition) is 17. The third-order valence-corrected chi connectivity index (χ3v) is 13.0. The van der Waals surface area contributed by atoms with E-state index in [1.807, 2.05) is 4.90 Å². The Morgan fingerprint density at radius 2 is 1.64 bits per heavy atom. The highest BCUT2D eigenvalue weighted by molar-refractivity contribution is 6.23. The van der Waals surface area contributed by atoms with Gasteiger partial charge < -0.3 is 59.1 Å². The number of nitrogens with one attached hydrogen (secondary N) is 1. The molecule has 1 saturated heterocycles. The first-order valence-electron chi connectivity index (χ1n) is 22.5. The molecule has 1 fully saturated rings. The van der Waals surface area contributed by atoms with Crippen LogP contribution in [0.2, 0.25) is 0 Å². The smallest absolute Gasteiger partial charge is 0.347 e. The van der Waals surface area contributed by atoms with Gasteiger partial charge >= 0.3 is 11.9 Å². The number of aromatic hydroxyl groups is 2. The summed E-state index contributed by atoms with van der Waals surface area (Å²) in [6, 6.07) is 3.17. The second kappa shape index (κ2) is 21.3. The van der Waals surface area contributed by atoms with Crippen molar-refractivity contribution in [3.8, 4) is 17.2 Å². The number of allylic oxidation sites excluding steroid dienone is 2. The number of phenols is 2. The summed E-state index contributed by atoms with van der Waals surface area (Å²) in [5.74, 6) is -6.26. The zero-order valence-corrected chi connectivity index (χ0v) is 39.4. The molecule has 2 aliphatic rings. The van der Waals surface area contributed by atoms with Crippen molar-refractivity contribution in [2.45, 2.75) is 79.8 Å². The molecule has 0 spiro atoms. The summed E-state index contributed by atoms with van der Waals surface area (Å²) in [5.41, 5.74) is -1.26. The number of piperazine rings is 1. The van der Waals surface area contributed by atoms with Gasteiger partial charge in [0.05, 0.1) is 43.2 Å². The molecule has 0 saturated carbocycles. The van der Waals surface area contributed by atoms with Gasteiger partial charge in [0.2, 0.25) is 0 Å². The molecule has 67 heavy (non-hydrogen) atoms. The van der Waals surface area contributed by atoms with Crippen LogP contribution in [0.25, 0.3) is 33.0 Å². The van der Waals surface area contributed by atoms with E-state index in [1.165, 1.54) is 46.1 Å². The number of methoxy groups -OCH3 is 1. The van der Waals surface area contributed by atoms with E-state index in [9.17, 15) is 44.7 Å². The quantitative estimate of drug-likeness (QED) is 0.0613. The number of carbonyl (C=O) groups is 3. The number of fused-ring (bicyclic) bond motifs is 1. The molecule has 0 unspecified atom stereocenters. The summed E-state index contributed by atoms with van der Waals surface area (Å²) in [6.45, 7) is 15.6. The van der Waals surface area contributed by atoms with Gasteiger partial charge in [-0.1, -0.05) is 45.9 Å². The average Bonchev–Trinajstić information content (AvgIpc) is 3.30. The largest absolute Gasteiger partial charge is 0.505 e. The molecule has 6 N–H and O–H groups in total. The summed E-state index contributed by atoms with van der Waals surface area (Å²) in [6.07, 6.45) is 3.11. The second-order valence-electron chi connectivity index (χ2n) is 17.4. The molecule has 18 heteroatoms. The van der Waals surface area contributed by atoms with Gasteiger partial charge in [0, 0.05) is 105 Å². The summed E-state index contributed by atoms with van der Waals surface area (Å²) in [7, 11) is 1.40. The highest BCUT2D eigenvalue weighted by Gasteiger charge is 2.40. The SMILES string of the molecule is CCOc1c(C)c(=O)c2c(O)c3c4oc5cc(N6CCN(CCO)CC6)cc(O)c5nc4c2c1C(=O)O/C=C/[C@H](OC)[C@@H](C)[C@@H](OC(C)=O)[C@H](C)[C@H](O)[C@H](C)[C@@H](O)[C@@H](C)/C=C/C=C(/C)C(=O)N3. The zero-order chi connectivity index (χ0) is 49.0. The lowest BCUT2D eigenvalue weighted by Gasteiger charge is -2.38. The van der Waals surface area contributed by atoms with E-state index in [-0.39, 0.29) is 74.7 Å². The molecule has 2 aliphatic heterocycles. The van der Waals surface area contributed by atoms with Crippen molar-refractivity contribution in [3.63, 3.8) is 0 Å². The van der Waals surface area contributed by atoms with Crippen molar-refractivity contribution in [2.75, 3.05) is 63.3 Å². The van der Waals surface area contributed by atoms with Crippen LogP contribution in [0, 0.1) is 30.6 Å². The first kappa shape index (κ1) is 50.4. The van der Waals surface area contributed by atoms with E-state index in [0.717, 1.165) is 6.26 Å². The molecule has 0 radical (unpaired) electrons. The average molecular weight is 931 g/mol. The zero-order valence-electron chi connectivity index (χ0n) is 39.4. The number of nitrogens with zero attached hydrogens (tertiary/aromatic N) is 3. The Bertz CT molecular complexity index is 2670. The fraction of sp³-hybridized carbons (Fsp3) is 0.490. The molecular formula is C49H62N4O14. The Kier molecular flexibility index (Phi) is 16.0. The normalized spacial score (nSPS) is 26.9. The molecule has 3 aromatic carbocycles. The number of benzene rings is 3. The molecule has 8 atom stereocenters. The number of hydrogen-bond donors (Lipinski definition) is 6. The van der Waals surface area contributed by atoms with E-state index in [2.05, 4.69) is 10.2 Å². The van der Waals surface area contributed by atoms with E-state index in [1.54, 1.807) is 52.8 Å². The number of aliphatic hydroxyl groups excluding tert-OH is 3. The van der Waals surface area contributed by atoms with Crippen molar-refractivity contribution in [2.24, 2.45) is 23.7 Å². The lowest BCUT2D eigenvalue weighted by Crippen LogP contribution is -2.47. The topological polar surface area (TPSA) is 251 Å². The van der Waals surface area contributed by atoms with Crippen molar-refractivity contribution in [1.82, 2.24) is 9.88 Å². The van der Waals surface area contributed by atoms with E-state index in [0.29, 0.717) is 38.4 Å². The Morgan fingerprint density at radius 1 is 0.940 bits per heavy atom. The predicted molar refractivity (Wildman–Crippen MR) is 251 cm³/mol. The van der Waals surface area contributed by atoms with E-state index in [4.69, 9.17) is 28.3 Å². The first-order valence-corrected chi connectivity index (χ1v) is 22.5. The summed E-state index contributed by atoms with van der Waals surface area (Å²) in [4.78, 5) is 64.4. The molecule has 2 bridgehead atoms. The fourth-order valence-electron chi connectivity index (χ4n) is 9.05. The highest BCUT2D eigenvalue weighted by Crippen LogP contribution is 2.46. The lowest BCUT2D eigenvalue weighted by molar-refractivity contribution is -0.160. The summed E-state index contributed by atoms with van der Waals surface area (Å²) < 4.78 is 29.7. The minimum atomic E-state index is -1.17. The van der Waals surface area contributed by atoms with Crippen molar-refractivity contribution in [3.05, 3.63) is 69.6 Å². The van der Waals surface area contributed by atoms with Gasteiger partial charge in [-0.2, -0.15) is 0 Å². The number of β-amino-alcohol motifs (C(OH)–C–C–N with tert-alkyl or cyclic N) is 1. The van der Waals surface area contributed by atoms with Crippen LogP contribution >= 0.6 is 0 Å². The molecule has 4 aromatic rings. The highest BCUT2D eigenvalue weighted by atomic mass is 16.6. The standard InChI is InChI=1S/C49H62N4O14/c1-10-64-46-29(7)43(59)36-35-37(46)49(62)65-21-14-33(63-9)26(4)45(66-30(8)55)28(6)42(58)27(5)41(57)24(2)12-11-13-25(3)48(61)51-40(44(36)60)47-39(35)50-38-32(56)22-31(23-34(38)67-47)53-17-15-52(16-18-53)19-20-54/h11-14,21-24,26-28,33,41-42,45,54,56-58,60H,10,15-20H2,1-9H3,(H,51,61)/b12-11+,21-14+,25-13-/t24-,26+,27+,28+,33-,41-,42+,45+/m0/s1. The van der Waals surface area contributed by atoms with Crippen LogP contribution in [0.3, 0.4) is 0 Å². The Morgan fingerprint density at radius 3 is 2.28 bits per heavy atom. The number of aromatic nitrogens is 1. The summed E-state index contributed by atoms with van der Waals surface area (Å²) >= 11 is 0. The monoisotopic (exact) mass is 930 g/mol. The van der Waals surface area contributed by atoms with Crippen LogP contribution in [0.5, 0.6) is 17.2 Å². The number of ether oxygens (including phenoxy) is 4. The molecule has 18 nitrogen and oxygen atoms in total. The second-order valence-corrected chi connectivity index (χ2v) is 17.4. The number of phenolic OH excluding ortho intramolecular Hbond substituents is 2. The number of carbonyl (C=O) groups excluding carboxylic acids is 3. The maximum absolute atomic E-state index is 14.6. The van der Waals surface area contributed by atoms with Crippen LogP contribution in [-0.2, 0) is 23.8 Å². The Labute approximate surface area is 388 Å². The third-order valence-electron chi connectivity index (χ3n) is 13.0. The van der Waals surface area contributed by atoms with Crippen LogP contribution in [0.4, 0.5) is 11.4 Å². The number of rotatable bonds is 7. The summed E-state index contributed by atoms with van der Waals surface area (Å²) in [5, 5.41) is 58.2. The van der Waals surface area contributed by atoms with Gasteiger partial charge in [0.15, 0.2) is 22.3 Å². The van der Waals surface area contributed by atoms with Gasteiger partial charge in [-0.15, -0.1) is 0 Å². The third kappa shape index (κ3) is 10.3. The molecule has 1 aromatic heterocycles. The van der Waals surface area contributed by atoms with Gasteiger partial charge in [0.1, 0.15) is 39.9 Å². The van der Waals surface area contributed by atoms with Crippen LogP contribution in [0.1, 0.15) is 64.4 Å².